The summed E-state index contributed by atoms with van der Waals surface area (Å²) in [4.78, 5) is 22.4. The third-order valence-electron chi connectivity index (χ3n) is 2.50. The number of carbonyl (C=O) groups excluding carboxylic acids is 1. The van der Waals surface area contributed by atoms with Crippen LogP contribution in [0.2, 0.25) is 0 Å². The lowest BCUT2D eigenvalue weighted by molar-refractivity contribution is -0.137. The maximum Gasteiger partial charge on any atom is 0.305 e. The minimum atomic E-state index is -0.951. The standard InChI is InChI=1S/C13H14N2O3/c1-2-11(7-12(16)17)15-13(18)10-5-3-4-9(6-10)8-14/h3-6,11H,2,7H2,1H3,(H,15,18)(H,16,17). The van der Waals surface area contributed by atoms with Crippen molar-refractivity contribution in [1.29, 1.82) is 5.26 Å². The molecule has 1 rings (SSSR count). The number of nitriles is 1. The zero-order chi connectivity index (χ0) is 13.5. The molecule has 0 saturated carbocycles. The molecule has 5 heteroatoms. The van der Waals surface area contributed by atoms with Gasteiger partial charge in [0.15, 0.2) is 0 Å². The first kappa shape index (κ1) is 13.7. The third kappa shape index (κ3) is 3.91. The first-order chi connectivity index (χ1) is 8.56. The Hall–Kier alpha value is -2.35. The summed E-state index contributed by atoms with van der Waals surface area (Å²) in [5.74, 6) is -1.31. The smallest absolute Gasteiger partial charge is 0.305 e. The van der Waals surface area contributed by atoms with E-state index in [0.717, 1.165) is 0 Å². The average molecular weight is 246 g/mol. The second-order valence-electron chi connectivity index (χ2n) is 3.87. The molecule has 0 aromatic heterocycles. The highest BCUT2D eigenvalue weighted by atomic mass is 16.4. The lowest BCUT2D eigenvalue weighted by Gasteiger charge is -2.14. The van der Waals surface area contributed by atoms with Gasteiger partial charge in [0, 0.05) is 11.6 Å². The van der Waals surface area contributed by atoms with Gasteiger partial charge in [0.1, 0.15) is 0 Å². The van der Waals surface area contributed by atoms with Gasteiger partial charge in [0.25, 0.3) is 5.91 Å². The molecule has 1 amide bonds. The van der Waals surface area contributed by atoms with Crippen LogP contribution in [0.15, 0.2) is 24.3 Å². The number of hydrogen-bond acceptors (Lipinski definition) is 3. The van der Waals surface area contributed by atoms with Crippen molar-refractivity contribution in [2.75, 3.05) is 0 Å². The van der Waals surface area contributed by atoms with E-state index in [-0.39, 0.29) is 12.3 Å². The quantitative estimate of drug-likeness (QED) is 0.824. The summed E-state index contributed by atoms with van der Waals surface area (Å²) in [5, 5.41) is 20.1. The number of amides is 1. The average Bonchev–Trinajstić information content (AvgIpc) is 2.37. The maximum atomic E-state index is 11.9. The molecule has 1 atom stereocenters. The Labute approximate surface area is 105 Å². The van der Waals surface area contributed by atoms with Gasteiger partial charge in [-0.2, -0.15) is 5.26 Å². The highest BCUT2D eigenvalue weighted by Gasteiger charge is 2.15. The third-order valence-corrected chi connectivity index (χ3v) is 2.50. The molecule has 0 aliphatic rings. The Kier molecular flexibility index (Phi) is 4.88. The predicted octanol–water partition coefficient (Wildman–Crippen LogP) is 1.54. The monoisotopic (exact) mass is 246 g/mol. The number of hydrogen-bond donors (Lipinski definition) is 2. The van der Waals surface area contributed by atoms with Crippen LogP contribution < -0.4 is 5.32 Å². The molecule has 0 fully saturated rings. The molecule has 1 aromatic rings. The molecule has 0 bridgehead atoms. The van der Waals surface area contributed by atoms with Crippen molar-refractivity contribution in [2.45, 2.75) is 25.8 Å². The topological polar surface area (TPSA) is 90.2 Å². The predicted molar refractivity (Wildman–Crippen MR) is 65.0 cm³/mol. The Bertz CT molecular complexity index is 491. The molecule has 1 unspecified atom stereocenters. The fraction of sp³-hybridized carbons (Fsp3) is 0.308. The van der Waals surface area contributed by atoms with Crippen LogP contribution in [0.3, 0.4) is 0 Å². The van der Waals surface area contributed by atoms with E-state index in [1.807, 2.05) is 6.07 Å². The second kappa shape index (κ2) is 6.40. The number of aliphatic carboxylic acids is 1. The van der Waals surface area contributed by atoms with Gasteiger partial charge >= 0.3 is 5.97 Å². The number of benzene rings is 1. The molecule has 0 radical (unpaired) electrons. The van der Waals surface area contributed by atoms with Gasteiger partial charge in [-0.25, -0.2) is 0 Å². The van der Waals surface area contributed by atoms with E-state index in [2.05, 4.69) is 5.32 Å². The maximum absolute atomic E-state index is 11.9. The normalized spacial score (nSPS) is 11.3. The molecule has 1 aromatic carbocycles. The lowest BCUT2D eigenvalue weighted by atomic mass is 10.1. The van der Waals surface area contributed by atoms with Crippen molar-refractivity contribution in [3.05, 3.63) is 35.4 Å². The summed E-state index contributed by atoms with van der Waals surface area (Å²) >= 11 is 0. The van der Waals surface area contributed by atoms with Crippen molar-refractivity contribution < 1.29 is 14.7 Å². The van der Waals surface area contributed by atoms with Gasteiger partial charge < -0.3 is 10.4 Å². The fourth-order valence-corrected chi connectivity index (χ4v) is 1.51. The van der Waals surface area contributed by atoms with Crippen LogP contribution in [-0.4, -0.2) is 23.0 Å². The van der Waals surface area contributed by atoms with Gasteiger partial charge in [-0.05, 0) is 24.6 Å². The van der Waals surface area contributed by atoms with Crippen LogP contribution >= 0.6 is 0 Å². The number of nitrogens with one attached hydrogen (secondary N) is 1. The van der Waals surface area contributed by atoms with E-state index in [1.54, 1.807) is 25.1 Å². The number of carbonyl (C=O) groups is 2. The first-order valence-corrected chi connectivity index (χ1v) is 5.59. The van der Waals surface area contributed by atoms with E-state index in [9.17, 15) is 9.59 Å². The summed E-state index contributed by atoms with van der Waals surface area (Å²) in [6.45, 7) is 1.81. The molecule has 94 valence electrons. The molecule has 2 N–H and O–H groups in total. The van der Waals surface area contributed by atoms with E-state index in [0.29, 0.717) is 17.5 Å². The highest BCUT2D eigenvalue weighted by Crippen LogP contribution is 2.06. The summed E-state index contributed by atoms with van der Waals surface area (Å²) in [7, 11) is 0. The van der Waals surface area contributed by atoms with Crippen LogP contribution in [0.1, 0.15) is 35.7 Å². The van der Waals surface area contributed by atoms with Gasteiger partial charge in [-0.3, -0.25) is 9.59 Å². The minimum Gasteiger partial charge on any atom is -0.481 e. The molecular weight excluding hydrogens is 232 g/mol. The van der Waals surface area contributed by atoms with Gasteiger partial charge in [0.2, 0.25) is 0 Å². The molecule has 0 aliphatic carbocycles. The van der Waals surface area contributed by atoms with Crippen LogP contribution in [0.5, 0.6) is 0 Å². The van der Waals surface area contributed by atoms with E-state index < -0.39 is 12.0 Å². The Morgan fingerprint density at radius 3 is 2.78 bits per heavy atom. The summed E-state index contributed by atoms with van der Waals surface area (Å²) in [6.07, 6.45) is 0.427. The van der Waals surface area contributed by atoms with Crippen molar-refractivity contribution in [1.82, 2.24) is 5.32 Å². The first-order valence-electron chi connectivity index (χ1n) is 5.59. The van der Waals surface area contributed by atoms with Crippen molar-refractivity contribution in [3.63, 3.8) is 0 Å². The van der Waals surface area contributed by atoms with Crippen LogP contribution in [0.25, 0.3) is 0 Å². The summed E-state index contributed by atoms with van der Waals surface area (Å²) in [6, 6.07) is 7.83. The molecule has 0 aliphatic heterocycles. The van der Waals surface area contributed by atoms with Gasteiger partial charge in [-0.15, -0.1) is 0 Å². The molecular formula is C13H14N2O3. The zero-order valence-corrected chi connectivity index (χ0v) is 10.0. The van der Waals surface area contributed by atoms with Gasteiger partial charge in [0.05, 0.1) is 18.1 Å². The van der Waals surface area contributed by atoms with Crippen LogP contribution in [0.4, 0.5) is 0 Å². The molecule has 5 nitrogen and oxygen atoms in total. The summed E-state index contributed by atoms with van der Waals surface area (Å²) in [5.41, 5.74) is 0.756. The molecule has 0 saturated heterocycles. The number of nitrogens with zero attached hydrogens (tertiary/aromatic N) is 1. The molecule has 18 heavy (non-hydrogen) atoms. The Balaban J connectivity index is 2.74. The molecule has 0 spiro atoms. The van der Waals surface area contributed by atoms with Crippen LogP contribution in [0, 0.1) is 11.3 Å². The molecule has 0 heterocycles. The number of carboxylic acids is 1. The number of rotatable bonds is 5. The fourth-order valence-electron chi connectivity index (χ4n) is 1.51. The van der Waals surface area contributed by atoms with Crippen molar-refractivity contribution >= 4 is 11.9 Å². The Morgan fingerprint density at radius 2 is 2.22 bits per heavy atom. The second-order valence-corrected chi connectivity index (χ2v) is 3.87. The lowest BCUT2D eigenvalue weighted by Crippen LogP contribution is -2.36. The van der Waals surface area contributed by atoms with Crippen molar-refractivity contribution in [3.8, 4) is 6.07 Å². The van der Waals surface area contributed by atoms with Crippen molar-refractivity contribution in [2.24, 2.45) is 0 Å². The number of carboxylic acid groups (broad SMARTS) is 1. The largest absolute Gasteiger partial charge is 0.481 e. The van der Waals surface area contributed by atoms with E-state index in [4.69, 9.17) is 10.4 Å². The minimum absolute atomic E-state index is 0.111. The Morgan fingerprint density at radius 1 is 1.50 bits per heavy atom. The van der Waals surface area contributed by atoms with Crippen LogP contribution in [-0.2, 0) is 4.79 Å². The van der Waals surface area contributed by atoms with Gasteiger partial charge in [-0.1, -0.05) is 13.0 Å². The SMILES string of the molecule is CCC(CC(=O)O)NC(=O)c1cccc(C#N)c1. The van der Waals surface area contributed by atoms with E-state index >= 15 is 0 Å². The summed E-state index contributed by atoms with van der Waals surface area (Å²) < 4.78 is 0. The highest BCUT2D eigenvalue weighted by molar-refractivity contribution is 5.94. The van der Waals surface area contributed by atoms with E-state index in [1.165, 1.54) is 6.07 Å². The zero-order valence-electron chi connectivity index (χ0n) is 10.0.